The number of halogens is 1. The average molecular weight is 497 g/mol. The van der Waals surface area contributed by atoms with Crippen LogP contribution >= 0.6 is 24.0 Å². The Bertz CT molecular complexity index is 817. The Hall–Kier alpha value is -1.61. The van der Waals surface area contributed by atoms with E-state index in [0.717, 1.165) is 37.7 Å². The minimum Gasteiger partial charge on any atom is -0.370 e. The fourth-order valence-electron chi connectivity index (χ4n) is 3.79. The number of benzene rings is 1. The summed E-state index contributed by atoms with van der Waals surface area (Å²) in [6.07, 6.45) is 1.03. The van der Waals surface area contributed by atoms with E-state index in [0.29, 0.717) is 6.61 Å². The fraction of sp³-hybridized carbons (Fsp3) is 0.524. The molecule has 154 valence electrons. The van der Waals surface area contributed by atoms with E-state index in [4.69, 9.17) is 4.74 Å². The molecule has 0 bridgehead atoms. The van der Waals surface area contributed by atoms with Crippen LogP contribution in [0, 0.1) is 20.8 Å². The normalized spacial score (nSPS) is 17.4. The smallest absolute Gasteiger partial charge is 0.193 e. The monoisotopic (exact) mass is 497 g/mol. The lowest BCUT2D eigenvalue weighted by molar-refractivity contribution is -0.00829. The molecule has 3 rings (SSSR count). The number of ether oxygens (including phenoxy) is 1. The van der Waals surface area contributed by atoms with Crippen LogP contribution in [0.1, 0.15) is 34.2 Å². The van der Waals surface area contributed by atoms with Crippen molar-refractivity contribution in [2.24, 2.45) is 12.0 Å². The molecule has 1 aliphatic rings. The van der Waals surface area contributed by atoms with Gasteiger partial charge in [0.25, 0.3) is 0 Å². The van der Waals surface area contributed by atoms with E-state index >= 15 is 0 Å². The number of aryl methyl sites for hydroxylation is 3. The molecule has 6 nitrogen and oxygen atoms in total. The highest BCUT2D eigenvalue weighted by Crippen LogP contribution is 2.25. The molecule has 1 aromatic carbocycles. The zero-order valence-corrected chi connectivity index (χ0v) is 19.9. The van der Waals surface area contributed by atoms with Crippen LogP contribution in [0.25, 0.3) is 0 Å². The Kier molecular flexibility index (Phi) is 8.30. The summed E-state index contributed by atoms with van der Waals surface area (Å²) in [7, 11) is 3.85. The second kappa shape index (κ2) is 10.2. The first-order valence-electron chi connectivity index (χ1n) is 9.63. The van der Waals surface area contributed by atoms with Crippen LogP contribution in [-0.2, 0) is 18.2 Å². The molecule has 0 spiro atoms. The number of nitrogens with one attached hydrogen (secondary N) is 1. The first kappa shape index (κ1) is 22.7. The summed E-state index contributed by atoms with van der Waals surface area (Å²) in [4.78, 5) is 6.79. The van der Waals surface area contributed by atoms with E-state index in [1.54, 1.807) is 0 Å². The lowest BCUT2D eigenvalue weighted by Crippen LogP contribution is -2.48. The number of hydrogen-bond acceptors (Lipinski definition) is 3. The first-order valence-corrected chi connectivity index (χ1v) is 9.63. The molecule has 2 heterocycles. The Labute approximate surface area is 185 Å². The molecule has 0 saturated carbocycles. The van der Waals surface area contributed by atoms with Crippen LogP contribution < -0.4 is 5.32 Å². The molecule has 0 aliphatic carbocycles. The van der Waals surface area contributed by atoms with E-state index in [2.05, 4.69) is 65.3 Å². The summed E-state index contributed by atoms with van der Waals surface area (Å²) in [5, 5.41) is 8.02. The van der Waals surface area contributed by atoms with Crippen LogP contribution in [0.2, 0.25) is 0 Å². The third-order valence-corrected chi connectivity index (χ3v) is 5.43. The van der Waals surface area contributed by atoms with Crippen molar-refractivity contribution in [3.63, 3.8) is 0 Å². The topological polar surface area (TPSA) is 54.7 Å². The number of nitrogens with zero attached hydrogens (tertiary/aromatic N) is 4. The lowest BCUT2D eigenvalue weighted by Gasteiger charge is -2.35. The summed E-state index contributed by atoms with van der Waals surface area (Å²) >= 11 is 0. The molecule has 1 fully saturated rings. The number of aromatic nitrogens is 2. The predicted octanol–water partition coefficient (Wildman–Crippen LogP) is 3.15. The van der Waals surface area contributed by atoms with Gasteiger partial charge in [0, 0.05) is 32.9 Å². The minimum atomic E-state index is 0. The van der Waals surface area contributed by atoms with Crippen molar-refractivity contribution in [2.75, 3.05) is 33.3 Å². The molecular formula is C21H32IN5O. The number of aliphatic imine (C=N–C) groups is 1. The van der Waals surface area contributed by atoms with Crippen LogP contribution in [0.5, 0.6) is 0 Å². The Morgan fingerprint density at radius 2 is 2.04 bits per heavy atom. The van der Waals surface area contributed by atoms with Crippen molar-refractivity contribution in [2.45, 2.75) is 33.3 Å². The van der Waals surface area contributed by atoms with E-state index in [1.807, 2.05) is 18.8 Å². The van der Waals surface area contributed by atoms with E-state index in [9.17, 15) is 0 Å². The van der Waals surface area contributed by atoms with Crippen LogP contribution in [0.15, 0.2) is 29.3 Å². The standard InChI is InChI=1S/C21H31N5O.HI/c1-15-8-6-7-9-18(15)20-14-26(12-13-27-20)21(22-4)23-11-10-19-16(2)24-25(5)17(19)3;/h6-9,20H,10-14H2,1-5H3,(H,22,23);1H. The van der Waals surface area contributed by atoms with Gasteiger partial charge in [-0.2, -0.15) is 5.10 Å². The zero-order valence-electron chi connectivity index (χ0n) is 17.5. The second-order valence-electron chi connectivity index (χ2n) is 7.16. The maximum Gasteiger partial charge on any atom is 0.193 e. The van der Waals surface area contributed by atoms with Crippen molar-refractivity contribution in [3.05, 3.63) is 52.3 Å². The van der Waals surface area contributed by atoms with Gasteiger partial charge in [0.1, 0.15) is 6.10 Å². The number of hydrogen-bond donors (Lipinski definition) is 1. The predicted molar refractivity (Wildman–Crippen MR) is 125 cm³/mol. The Morgan fingerprint density at radius 1 is 1.29 bits per heavy atom. The van der Waals surface area contributed by atoms with Gasteiger partial charge < -0.3 is 15.0 Å². The summed E-state index contributed by atoms with van der Waals surface area (Å²) in [5.41, 5.74) is 6.20. The summed E-state index contributed by atoms with van der Waals surface area (Å²) in [6.45, 7) is 9.56. The molecule has 28 heavy (non-hydrogen) atoms. The van der Waals surface area contributed by atoms with Crippen molar-refractivity contribution in [1.29, 1.82) is 0 Å². The van der Waals surface area contributed by atoms with Gasteiger partial charge in [0.15, 0.2) is 5.96 Å². The van der Waals surface area contributed by atoms with E-state index in [-0.39, 0.29) is 30.1 Å². The van der Waals surface area contributed by atoms with Crippen molar-refractivity contribution < 1.29 is 4.74 Å². The minimum absolute atomic E-state index is 0. The highest BCUT2D eigenvalue weighted by Gasteiger charge is 2.25. The fourth-order valence-corrected chi connectivity index (χ4v) is 3.79. The third kappa shape index (κ3) is 5.05. The van der Waals surface area contributed by atoms with Gasteiger partial charge in [-0.05, 0) is 43.9 Å². The van der Waals surface area contributed by atoms with Crippen LogP contribution in [0.3, 0.4) is 0 Å². The maximum atomic E-state index is 6.04. The van der Waals surface area contributed by atoms with Crippen LogP contribution in [-0.4, -0.2) is 53.9 Å². The van der Waals surface area contributed by atoms with Gasteiger partial charge in [-0.1, -0.05) is 24.3 Å². The quantitative estimate of drug-likeness (QED) is 0.401. The third-order valence-electron chi connectivity index (χ3n) is 5.43. The highest BCUT2D eigenvalue weighted by atomic mass is 127. The summed E-state index contributed by atoms with van der Waals surface area (Å²) in [5.74, 6) is 0.941. The van der Waals surface area contributed by atoms with Gasteiger partial charge in [-0.25, -0.2) is 0 Å². The number of rotatable bonds is 4. The Balaban J connectivity index is 0.00000280. The summed E-state index contributed by atoms with van der Waals surface area (Å²) in [6, 6.07) is 8.45. The molecule has 1 aliphatic heterocycles. The molecule has 1 saturated heterocycles. The van der Waals surface area contributed by atoms with Crippen molar-refractivity contribution in [1.82, 2.24) is 20.0 Å². The van der Waals surface area contributed by atoms with Gasteiger partial charge >= 0.3 is 0 Å². The molecule has 7 heteroatoms. The molecule has 1 N–H and O–H groups in total. The molecule has 2 aromatic rings. The van der Waals surface area contributed by atoms with Gasteiger partial charge in [-0.3, -0.25) is 9.67 Å². The summed E-state index contributed by atoms with van der Waals surface area (Å²) < 4.78 is 7.99. The zero-order chi connectivity index (χ0) is 19.4. The SMILES string of the molecule is CN=C(NCCc1c(C)nn(C)c1C)N1CCOC(c2ccccc2C)C1.I. The van der Waals surface area contributed by atoms with E-state index in [1.165, 1.54) is 22.4 Å². The lowest BCUT2D eigenvalue weighted by atomic mass is 10.0. The molecular weight excluding hydrogens is 465 g/mol. The Morgan fingerprint density at radius 3 is 2.68 bits per heavy atom. The van der Waals surface area contributed by atoms with Gasteiger partial charge in [0.05, 0.1) is 18.8 Å². The van der Waals surface area contributed by atoms with Gasteiger partial charge in [0.2, 0.25) is 0 Å². The first-order chi connectivity index (χ1) is 13.0. The largest absolute Gasteiger partial charge is 0.370 e. The number of morpholine rings is 1. The number of guanidine groups is 1. The average Bonchev–Trinajstić information content (AvgIpc) is 2.91. The molecule has 1 unspecified atom stereocenters. The van der Waals surface area contributed by atoms with Crippen LogP contribution in [0.4, 0.5) is 0 Å². The van der Waals surface area contributed by atoms with Crippen molar-refractivity contribution in [3.8, 4) is 0 Å². The molecule has 0 amide bonds. The molecule has 1 atom stereocenters. The maximum absolute atomic E-state index is 6.04. The molecule has 0 radical (unpaired) electrons. The van der Waals surface area contributed by atoms with Crippen molar-refractivity contribution >= 4 is 29.9 Å². The highest BCUT2D eigenvalue weighted by molar-refractivity contribution is 14.0. The second-order valence-corrected chi connectivity index (χ2v) is 7.16. The molecule has 1 aromatic heterocycles. The van der Waals surface area contributed by atoms with E-state index < -0.39 is 0 Å². The van der Waals surface area contributed by atoms with Gasteiger partial charge in [-0.15, -0.1) is 24.0 Å².